The van der Waals surface area contributed by atoms with Gasteiger partial charge in [0, 0.05) is 33.8 Å². The minimum absolute atomic E-state index is 0.0733. The minimum atomic E-state index is -0.633. The largest absolute Gasteiger partial charge is 0.460 e. The van der Waals surface area contributed by atoms with Crippen LogP contribution in [-0.4, -0.2) is 17.5 Å². The molecule has 0 saturated heterocycles. The molecule has 2 atom stereocenters. The molecule has 0 radical (unpaired) electrons. The highest BCUT2D eigenvalue weighted by Crippen LogP contribution is 2.49. The zero-order valence-electron chi connectivity index (χ0n) is 18.0. The zero-order chi connectivity index (χ0) is 22.2. The van der Waals surface area contributed by atoms with Gasteiger partial charge in [0.2, 0.25) is 0 Å². The molecule has 0 fully saturated rings. The first kappa shape index (κ1) is 21.7. The van der Waals surface area contributed by atoms with Crippen LogP contribution in [0.15, 0.2) is 75.3 Å². The van der Waals surface area contributed by atoms with Crippen LogP contribution in [0.2, 0.25) is 0 Å². The first-order chi connectivity index (χ1) is 14.8. The number of carbonyl (C=O) groups is 2. The summed E-state index contributed by atoms with van der Waals surface area (Å²) >= 11 is 3.64. The summed E-state index contributed by atoms with van der Waals surface area (Å²) in [5.41, 5.74) is 3.87. The molecule has 5 heteroatoms. The fourth-order valence-corrected chi connectivity index (χ4v) is 5.16. The lowest BCUT2D eigenvalue weighted by Gasteiger charge is -2.39. The highest BCUT2D eigenvalue weighted by Gasteiger charge is 2.46. The van der Waals surface area contributed by atoms with E-state index in [-0.39, 0.29) is 23.8 Å². The summed E-state index contributed by atoms with van der Waals surface area (Å²) in [6.45, 7) is 6.24. The molecule has 1 unspecified atom stereocenters. The van der Waals surface area contributed by atoms with Crippen LogP contribution in [0.4, 0.5) is 0 Å². The van der Waals surface area contributed by atoms with E-state index in [9.17, 15) is 9.59 Å². The number of carbonyl (C=O) groups excluding carboxylic acids is 2. The summed E-state index contributed by atoms with van der Waals surface area (Å²) in [5, 5.41) is 0. The third-order valence-corrected chi connectivity index (χ3v) is 6.74. The Hall–Kier alpha value is -2.53. The Morgan fingerprint density at radius 1 is 1.10 bits per heavy atom. The molecule has 160 valence electrons. The van der Waals surface area contributed by atoms with Crippen LogP contribution < -0.4 is 0 Å². The second kappa shape index (κ2) is 8.54. The number of halogens is 1. The predicted octanol–water partition coefficient (Wildman–Crippen LogP) is 6.01. The van der Waals surface area contributed by atoms with Gasteiger partial charge in [0.15, 0.2) is 5.78 Å². The molecule has 0 saturated carbocycles. The lowest BCUT2D eigenvalue weighted by molar-refractivity contribution is -0.148. The second-order valence-electron chi connectivity index (χ2n) is 9.12. The van der Waals surface area contributed by atoms with Crippen molar-refractivity contribution in [3.05, 3.63) is 81.5 Å². The van der Waals surface area contributed by atoms with Crippen molar-refractivity contribution in [1.29, 1.82) is 0 Å². The van der Waals surface area contributed by atoms with Gasteiger partial charge in [-0.3, -0.25) is 14.6 Å². The van der Waals surface area contributed by atoms with Gasteiger partial charge in [-0.05, 0) is 36.0 Å². The van der Waals surface area contributed by atoms with E-state index in [2.05, 4.69) is 29.8 Å². The van der Waals surface area contributed by atoms with Crippen molar-refractivity contribution >= 4 is 33.4 Å². The Bertz CT molecular complexity index is 1080. The second-order valence-corrected chi connectivity index (χ2v) is 9.98. The van der Waals surface area contributed by atoms with Gasteiger partial charge in [-0.15, -0.1) is 0 Å². The SMILES string of the molecule is CC1=NC2=C(C(=O)CC(C)(C)C2)[C@H](c2ccccc2Br)C1C(=O)OCc1ccccc1. The van der Waals surface area contributed by atoms with Gasteiger partial charge < -0.3 is 4.74 Å². The van der Waals surface area contributed by atoms with Crippen molar-refractivity contribution < 1.29 is 14.3 Å². The Labute approximate surface area is 191 Å². The number of hydrogen-bond donors (Lipinski definition) is 0. The summed E-state index contributed by atoms with van der Waals surface area (Å²) in [4.78, 5) is 31.4. The van der Waals surface area contributed by atoms with Crippen molar-refractivity contribution in [2.45, 2.75) is 46.1 Å². The average molecular weight is 480 g/mol. The summed E-state index contributed by atoms with van der Waals surface area (Å²) in [6.07, 6.45) is 1.17. The number of nitrogens with zero attached hydrogens (tertiary/aromatic N) is 1. The molecule has 0 aromatic heterocycles. The Balaban J connectivity index is 1.75. The normalized spacial score (nSPS) is 22.6. The first-order valence-electron chi connectivity index (χ1n) is 10.5. The van der Waals surface area contributed by atoms with Crippen molar-refractivity contribution in [1.82, 2.24) is 0 Å². The van der Waals surface area contributed by atoms with E-state index in [1.165, 1.54) is 0 Å². The smallest absolute Gasteiger partial charge is 0.315 e. The number of allylic oxidation sites excluding steroid dienone is 2. The maximum Gasteiger partial charge on any atom is 0.315 e. The Morgan fingerprint density at radius 2 is 1.77 bits per heavy atom. The molecule has 31 heavy (non-hydrogen) atoms. The van der Waals surface area contributed by atoms with Gasteiger partial charge in [-0.25, -0.2) is 0 Å². The van der Waals surface area contributed by atoms with E-state index in [1.807, 2.05) is 61.5 Å². The number of esters is 1. The van der Waals surface area contributed by atoms with E-state index in [0.29, 0.717) is 17.7 Å². The van der Waals surface area contributed by atoms with Gasteiger partial charge in [0.25, 0.3) is 0 Å². The molecule has 4 nitrogen and oxygen atoms in total. The molecule has 0 spiro atoms. The molecular weight excluding hydrogens is 454 g/mol. The molecule has 1 aliphatic heterocycles. The molecule has 2 aromatic carbocycles. The topological polar surface area (TPSA) is 55.7 Å². The predicted molar refractivity (Wildman–Crippen MR) is 125 cm³/mol. The molecule has 4 rings (SSSR count). The van der Waals surface area contributed by atoms with E-state index in [0.717, 1.165) is 27.7 Å². The van der Waals surface area contributed by atoms with Crippen molar-refractivity contribution in [3.8, 4) is 0 Å². The quantitative estimate of drug-likeness (QED) is 0.504. The summed E-state index contributed by atoms with van der Waals surface area (Å²) in [7, 11) is 0. The molecule has 0 amide bonds. The Kier molecular flexibility index (Phi) is 5.98. The fraction of sp³-hybridized carbons (Fsp3) is 0.346. The molecule has 0 bridgehead atoms. The van der Waals surface area contributed by atoms with E-state index in [1.54, 1.807) is 0 Å². The Morgan fingerprint density at radius 3 is 2.48 bits per heavy atom. The highest BCUT2D eigenvalue weighted by atomic mass is 79.9. The highest BCUT2D eigenvalue weighted by molar-refractivity contribution is 9.10. The third kappa shape index (κ3) is 4.42. The lowest BCUT2D eigenvalue weighted by atomic mass is 9.67. The van der Waals surface area contributed by atoms with Crippen LogP contribution in [-0.2, 0) is 20.9 Å². The molecule has 1 heterocycles. The van der Waals surface area contributed by atoms with Crippen molar-refractivity contribution in [2.75, 3.05) is 0 Å². The van der Waals surface area contributed by atoms with Gasteiger partial charge in [0.1, 0.15) is 12.5 Å². The van der Waals surface area contributed by atoms with E-state index in [4.69, 9.17) is 9.73 Å². The number of Topliss-reactive ketones (excluding diaryl/α,β-unsaturated/α-hetero) is 1. The fourth-order valence-electron chi connectivity index (χ4n) is 4.63. The summed E-state index contributed by atoms with van der Waals surface area (Å²) < 4.78 is 6.59. The lowest BCUT2D eigenvalue weighted by Crippen LogP contribution is -2.39. The van der Waals surface area contributed by atoms with Gasteiger partial charge >= 0.3 is 5.97 Å². The summed E-state index contributed by atoms with van der Waals surface area (Å²) in [6, 6.07) is 17.4. The van der Waals surface area contributed by atoms with Gasteiger partial charge in [-0.1, -0.05) is 78.3 Å². The van der Waals surface area contributed by atoms with E-state index >= 15 is 0 Å². The number of aliphatic imine (C=N–C) groups is 1. The summed E-state index contributed by atoms with van der Waals surface area (Å²) in [5.74, 6) is -1.32. The van der Waals surface area contributed by atoms with Crippen LogP contribution in [0.1, 0.15) is 50.7 Å². The first-order valence-corrected chi connectivity index (χ1v) is 11.3. The standard InChI is InChI=1S/C26H26BrNO3/c1-16-22(25(30)31-15-17-9-5-4-6-10-17)23(18-11-7-8-12-19(18)27)24-20(28-16)13-26(2,3)14-21(24)29/h4-12,22-23H,13-15H2,1-3H3/t22?,23-/m1/s1. The number of hydrogen-bond acceptors (Lipinski definition) is 4. The van der Waals surface area contributed by atoms with Gasteiger partial charge in [-0.2, -0.15) is 0 Å². The monoisotopic (exact) mass is 479 g/mol. The average Bonchev–Trinajstić information content (AvgIpc) is 2.71. The van der Waals surface area contributed by atoms with Crippen molar-refractivity contribution in [3.63, 3.8) is 0 Å². The molecule has 2 aromatic rings. The molecule has 2 aliphatic rings. The maximum absolute atomic E-state index is 13.3. The van der Waals surface area contributed by atoms with Crippen LogP contribution in [0.3, 0.4) is 0 Å². The molecule has 0 N–H and O–H groups in total. The van der Waals surface area contributed by atoms with Crippen LogP contribution in [0.5, 0.6) is 0 Å². The van der Waals surface area contributed by atoms with Crippen LogP contribution in [0.25, 0.3) is 0 Å². The number of ketones is 1. The van der Waals surface area contributed by atoms with Crippen LogP contribution >= 0.6 is 15.9 Å². The molecular formula is C26H26BrNO3. The minimum Gasteiger partial charge on any atom is -0.460 e. The zero-order valence-corrected chi connectivity index (χ0v) is 19.6. The number of benzene rings is 2. The molecule has 1 aliphatic carbocycles. The third-order valence-electron chi connectivity index (χ3n) is 6.02. The van der Waals surface area contributed by atoms with Gasteiger partial charge in [0.05, 0.1) is 0 Å². The van der Waals surface area contributed by atoms with Crippen LogP contribution in [0, 0.1) is 11.3 Å². The maximum atomic E-state index is 13.3. The van der Waals surface area contributed by atoms with E-state index < -0.39 is 11.8 Å². The van der Waals surface area contributed by atoms with Crippen molar-refractivity contribution in [2.24, 2.45) is 16.3 Å². The number of rotatable bonds is 4. The number of ether oxygens (including phenoxy) is 1.